The van der Waals surface area contributed by atoms with Crippen LogP contribution in [0.1, 0.15) is 5.56 Å². The highest BCUT2D eigenvalue weighted by Gasteiger charge is 2.38. The summed E-state index contributed by atoms with van der Waals surface area (Å²) in [6, 6.07) is 3.55. The zero-order valence-corrected chi connectivity index (χ0v) is 9.91. The summed E-state index contributed by atoms with van der Waals surface area (Å²) in [5.74, 6) is 0. The molecule has 0 aliphatic carbocycles. The molecule has 1 aliphatic rings. The summed E-state index contributed by atoms with van der Waals surface area (Å²) < 4.78 is 36.4. The maximum Gasteiger partial charge on any atom is 0.300 e. The number of pyridine rings is 1. The van der Waals surface area contributed by atoms with Gasteiger partial charge in [-0.05, 0) is 17.7 Å². The van der Waals surface area contributed by atoms with Crippen LogP contribution in [-0.2, 0) is 9.84 Å². The summed E-state index contributed by atoms with van der Waals surface area (Å²) in [6.07, 6.45) is 7.83. The molecule has 2 heterocycles. The molecule has 90 valence electrons. The van der Waals surface area contributed by atoms with Crippen LogP contribution in [0.4, 0.5) is 4.39 Å². The molecule has 1 aromatic rings. The third kappa shape index (κ3) is 2.21. The molecule has 0 saturated carbocycles. The second kappa shape index (κ2) is 3.96. The Morgan fingerprint density at radius 1 is 1.47 bits per heavy atom. The van der Waals surface area contributed by atoms with Crippen molar-refractivity contribution in [3.63, 3.8) is 0 Å². The van der Waals surface area contributed by atoms with Gasteiger partial charge in [0.05, 0.1) is 0 Å². The quantitative estimate of drug-likeness (QED) is 0.807. The molecule has 0 aromatic carbocycles. The molecule has 1 unspecified atom stereocenters. The van der Waals surface area contributed by atoms with Crippen molar-refractivity contribution in [1.82, 2.24) is 10.3 Å². The number of hydrogen-bond acceptors (Lipinski definition) is 4. The molecular weight excluding hydrogens is 243 g/mol. The number of halogens is 1. The van der Waals surface area contributed by atoms with Gasteiger partial charge in [0.15, 0.2) is 0 Å². The van der Waals surface area contributed by atoms with E-state index in [1.165, 1.54) is 12.3 Å². The van der Waals surface area contributed by atoms with Crippen molar-refractivity contribution in [2.75, 3.05) is 6.26 Å². The Balaban J connectivity index is 2.29. The first-order chi connectivity index (χ1) is 7.92. The summed E-state index contributed by atoms with van der Waals surface area (Å²) in [4.78, 5) is 3.93. The lowest BCUT2D eigenvalue weighted by Crippen LogP contribution is -2.44. The molecule has 17 heavy (non-hydrogen) atoms. The molecule has 0 amide bonds. The predicted octanol–water partition coefficient (Wildman–Crippen LogP) is 1.25. The van der Waals surface area contributed by atoms with Crippen molar-refractivity contribution in [1.29, 1.82) is 0 Å². The number of hydrogen-bond donors (Lipinski definition) is 1. The van der Waals surface area contributed by atoms with Crippen LogP contribution >= 0.6 is 0 Å². The van der Waals surface area contributed by atoms with Crippen molar-refractivity contribution >= 4 is 15.4 Å². The summed E-state index contributed by atoms with van der Waals surface area (Å²) in [6.45, 7) is 0. The van der Waals surface area contributed by atoms with Crippen LogP contribution in [0.5, 0.6) is 0 Å². The Labute approximate surface area is 98.8 Å². The van der Waals surface area contributed by atoms with Gasteiger partial charge >= 0.3 is 0 Å². The van der Waals surface area contributed by atoms with Gasteiger partial charge < -0.3 is 5.32 Å². The Bertz CT molecular complexity index is 581. The molecular formula is C11H11FN2O2S. The molecule has 1 aromatic heterocycles. The van der Waals surface area contributed by atoms with E-state index in [1.807, 2.05) is 0 Å². The lowest BCUT2D eigenvalue weighted by molar-refractivity contribution is 0.298. The maximum absolute atomic E-state index is 13.9. The summed E-state index contributed by atoms with van der Waals surface area (Å²) >= 11 is 0. The van der Waals surface area contributed by atoms with Crippen LogP contribution in [0.15, 0.2) is 42.9 Å². The molecule has 0 bridgehead atoms. The van der Waals surface area contributed by atoms with Crippen LogP contribution in [-0.4, -0.2) is 24.8 Å². The standard InChI is InChI=1S/C11H11FN2O2S/c1-17(15,16)11(12)5-4-10(8-14-11)9-3-2-6-13-7-9/h2-8,14H,1H3. The first-order valence-corrected chi connectivity index (χ1v) is 6.77. The smallest absolute Gasteiger partial charge is 0.300 e. The predicted molar refractivity (Wildman–Crippen MR) is 63.2 cm³/mol. The fourth-order valence-corrected chi connectivity index (χ4v) is 2.00. The van der Waals surface area contributed by atoms with Gasteiger partial charge in [0.1, 0.15) is 0 Å². The van der Waals surface area contributed by atoms with E-state index < -0.39 is 15.0 Å². The third-order valence-electron chi connectivity index (χ3n) is 2.44. The molecule has 1 atom stereocenters. The van der Waals surface area contributed by atoms with E-state index in [0.29, 0.717) is 5.57 Å². The van der Waals surface area contributed by atoms with E-state index in [-0.39, 0.29) is 0 Å². The maximum atomic E-state index is 13.9. The molecule has 1 aliphatic heterocycles. The molecule has 0 radical (unpaired) electrons. The van der Waals surface area contributed by atoms with Crippen molar-refractivity contribution < 1.29 is 12.8 Å². The van der Waals surface area contributed by atoms with Crippen LogP contribution in [0, 0.1) is 0 Å². The zero-order chi connectivity index (χ0) is 12.5. The van der Waals surface area contributed by atoms with Gasteiger partial charge in [-0.2, -0.15) is 4.39 Å². The van der Waals surface area contributed by atoms with E-state index >= 15 is 0 Å². The SMILES string of the molecule is CS(=O)(=O)C1(F)C=CC(c2cccnc2)=CN1. The first kappa shape index (κ1) is 11.8. The number of dihydropyridines is 1. The van der Waals surface area contributed by atoms with Crippen molar-refractivity contribution in [3.05, 3.63) is 48.4 Å². The minimum Gasteiger partial charge on any atom is -0.343 e. The van der Waals surface area contributed by atoms with Gasteiger partial charge in [0.25, 0.3) is 5.12 Å². The van der Waals surface area contributed by atoms with E-state index in [0.717, 1.165) is 17.9 Å². The monoisotopic (exact) mass is 254 g/mol. The van der Waals surface area contributed by atoms with E-state index in [1.54, 1.807) is 24.5 Å². The summed E-state index contributed by atoms with van der Waals surface area (Å²) in [5.41, 5.74) is 1.46. The number of nitrogens with one attached hydrogen (secondary N) is 1. The zero-order valence-electron chi connectivity index (χ0n) is 9.09. The Kier molecular flexibility index (Phi) is 2.74. The molecule has 0 saturated heterocycles. The molecule has 1 N–H and O–H groups in total. The summed E-state index contributed by atoms with van der Waals surface area (Å²) in [5, 5.41) is -0.276. The highest BCUT2D eigenvalue weighted by molar-refractivity contribution is 7.92. The fourth-order valence-electron chi connectivity index (χ4n) is 1.41. The van der Waals surface area contributed by atoms with Gasteiger partial charge in [0.2, 0.25) is 9.84 Å². The van der Waals surface area contributed by atoms with Crippen LogP contribution in [0.2, 0.25) is 0 Å². The van der Waals surface area contributed by atoms with Gasteiger partial charge in [-0.3, -0.25) is 4.98 Å². The Hall–Kier alpha value is -1.69. The summed E-state index contributed by atoms with van der Waals surface area (Å²) in [7, 11) is -3.86. The van der Waals surface area contributed by atoms with Crippen LogP contribution in [0.3, 0.4) is 0 Å². The molecule has 2 rings (SSSR count). The molecule has 0 spiro atoms. The van der Waals surface area contributed by atoms with Gasteiger partial charge in [-0.1, -0.05) is 12.1 Å². The highest BCUT2D eigenvalue weighted by Crippen LogP contribution is 2.25. The van der Waals surface area contributed by atoms with E-state index in [2.05, 4.69) is 10.3 Å². The number of sulfone groups is 1. The lowest BCUT2D eigenvalue weighted by Gasteiger charge is -2.23. The first-order valence-electron chi connectivity index (χ1n) is 4.88. The average molecular weight is 254 g/mol. The van der Waals surface area contributed by atoms with Crippen molar-refractivity contribution in [2.24, 2.45) is 0 Å². The van der Waals surface area contributed by atoms with Crippen molar-refractivity contribution in [2.45, 2.75) is 5.12 Å². The second-order valence-electron chi connectivity index (χ2n) is 3.74. The number of nitrogens with zero attached hydrogens (tertiary/aromatic N) is 1. The number of allylic oxidation sites excluding steroid dienone is 2. The third-order valence-corrected chi connectivity index (χ3v) is 3.77. The van der Waals surface area contributed by atoms with Crippen molar-refractivity contribution in [3.8, 4) is 0 Å². The van der Waals surface area contributed by atoms with E-state index in [4.69, 9.17) is 0 Å². The fraction of sp³-hybridized carbons (Fsp3) is 0.182. The highest BCUT2D eigenvalue weighted by atomic mass is 32.2. The van der Waals surface area contributed by atoms with Gasteiger partial charge in [0, 0.05) is 30.4 Å². The Morgan fingerprint density at radius 3 is 2.71 bits per heavy atom. The van der Waals surface area contributed by atoms with Gasteiger partial charge in [-0.15, -0.1) is 0 Å². The van der Waals surface area contributed by atoms with Crippen LogP contribution < -0.4 is 5.32 Å². The second-order valence-corrected chi connectivity index (χ2v) is 5.87. The van der Waals surface area contributed by atoms with E-state index in [9.17, 15) is 12.8 Å². The molecule has 6 heteroatoms. The van der Waals surface area contributed by atoms with Crippen LogP contribution in [0.25, 0.3) is 5.57 Å². The minimum absolute atomic E-state index is 0.676. The lowest BCUT2D eigenvalue weighted by atomic mass is 10.1. The van der Waals surface area contributed by atoms with Gasteiger partial charge in [-0.25, -0.2) is 8.42 Å². The normalized spacial score (nSPS) is 24.0. The number of aromatic nitrogens is 1. The Morgan fingerprint density at radius 2 is 2.24 bits per heavy atom. The molecule has 4 nitrogen and oxygen atoms in total. The molecule has 0 fully saturated rings. The average Bonchev–Trinajstić information content (AvgIpc) is 2.30. The number of rotatable bonds is 2. The largest absolute Gasteiger partial charge is 0.343 e. The minimum atomic E-state index is -3.86. The number of alkyl halides is 1. The topological polar surface area (TPSA) is 59.1 Å².